The number of aromatic nitrogens is 1. The Labute approximate surface area is 329 Å². The fourth-order valence-corrected chi connectivity index (χ4v) is 10.2. The SMILES string of the molecule is N=C(C1=CC=CCC1)N(c1c2ccccc2c(-c2ccc3sc4ccccc4c3c2)c2cc(-c3c4ccccc4nc4ccccc34)ccc12)C1C=CC=CC1. The third-order valence-corrected chi connectivity index (χ3v) is 12.8. The summed E-state index contributed by atoms with van der Waals surface area (Å²) in [7, 11) is 0. The first-order valence-electron chi connectivity index (χ1n) is 19.5. The molecule has 0 bridgehead atoms. The number of nitrogens with one attached hydrogen (secondary N) is 1. The van der Waals surface area contributed by atoms with Gasteiger partial charge in [0, 0.05) is 47.3 Å². The van der Waals surface area contributed by atoms with E-state index in [0.717, 1.165) is 68.7 Å². The molecule has 1 atom stereocenters. The first-order valence-corrected chi connectivity index (χ1v) is 20.3. The molecule has 2 aliphatic carbocycles. The molecule has 4 heteroatoms. The van der Waals surface area contributed by atoms with Gasteiger partial charge in [-0.3, -0.25) is 5.41 Å². The number of hydrogen-bond donors (Lipinski definition) is 1. The lowest BCUT2D eigenvalue weighted by atomic mass is 9.86. The van der Waals surface area contributed by atoms with Gasteiger partial charge in [-0.2, -0.15) is 0 Å². The van der Waals surface area contributed by atoms with E-state index in [9.17, 15) is 5.41 Å². The fourth-order valence-electron chi connectivity index (χ4n) is 9.07. The lowest BCUT2D eigenvalue weighted by Crippen LogP contribution is -2.40. The summed E-state index contributed by atoms with van der Waals surface area (Å²) in [5, 5.41) is 19.4. The van der Waals surface area contributed by atoms with Crippen molar-refractivity contribution in [3.63, 3.8) is 0 Å². The Balaban J connectivity index is 1.27. The third-order valence-electron chi connectivity index (χ3n) is 11.6. The number of anilines is 1. The second-order valence-corrected chi connectivity index (χ2v) is 15.9. The Morgan fingerprint density at radius 3 is 1.93 bits per heavy atom. The number of pyridine rings is 1. The van der Waals surface area contributed by atoms with Gasteiger partial charge >= 0.3 is 0 Å². The van der Waals surface area contributed by atoms with E-state index in [0.29, 0.717) is 5.84 Å². The van der Waals surface area contributed by atoms with Gasteiger partial charge in [-0.1, -0.05) is 140 Å². The molecular formula is C52H37N3S. The topological polar surface area (TPSA) is 40.0 Å². The summed E-state index contributed by atoms with van der Waals surface area (Å²) in [6.07, 6.45) is 17.8. The third kappa shape index (κ3) is 5.25. The Hall–Kier alpha value is -6.62. The van der Waals surface area contributed by atoms with Gasteiger partial charge in [-0.25, -0.2) is 4.98 Å². The van der Waals surface area contributed by atoms with Crippen LogP contribution >= 0.6 is 11.3 Å². The lowest BCUT2D eigenvalue weighted by Gasteiger charge is -2.36. The van der Waals surface area contributed by atoms with Crippen LogP contribution in [-0.4, -0.2) is 16.9 Å². The van der Waals surface area contributed by atoms with Gasteiger partial charge < -0.3 is 4.90 Å². The minimum atomic E-state index is -0.00181. The van der Waals surface area contributed by atoms with Crippen molar-refractivity contribution in [2.75, 3.05) is 4.90 Å². The molecule has 7 aromatic carbocycles. The Kier molecular flexibility index (Phi) is 7.78. The Morgan fingerprint density at radius 1 is 0.571 bits per heavy atom. The number of fused-ring (bicyclic) bond motifs is 7. The molecule has 0 saturated heterocycles. The molecule has 1 N–H and O–H groups in total. The maximum absolute atomic E-state index is 9.95. The van der Waals surface area contributed by atoms with Crippen molar-refractivity contribution in [3.05, 3.63) is 182 Å². The molecule has 0 radical (unpaired) electrons. The summed E-state index contributed by atoms with van der Waals surface area (Å²) < 4.78 is 2.60. The number of rotatable bonds is 5. The van der Waals surface area contributed by atoms with Gasteiger partial charge in [-0.15, -0.1) is 11.3 Å². The van der Waals surface area contributed by atoms with E-state index in [1.165, 1.54) is 47.6 Å². The normalized spacial score (nSPS) is 15.4. The predicted octanol–water partition coefficient (Wildman–Crippen LogP) is 14.3. The highest BCUT2D eigenvalue weighted by Crippen LogP contribution is 2.48. The maximum Gasteiger partial charge on any atom is 0.129 e. The summed E-state index contributed by atoms with van der Waals surface area (Å²) in [4.78, 5) is 7.41. The Bertz CT molecular complexity index is 3160. The zero-order chi connectivity index (χ0) is 37.2. The van der Waals surface area contributed by atoms with Crippen LogP contribution in [0.3, 0.4) is 0 Å². The molecular weight excluding hydrogens is 699 g/mol. The number of allylic oxidation sites excluding steroid dienone is 5. The lowest BCUT2D eigenvalue weighted by molar-refractivity contribution is 0.797. The second kappa shape index (κ2) is 13.3. The predicted molar refractivity (Wildman–Crippen MR) is 241 cm³/mol. The van der Waals surface area contributed by atoms with E-state index in [-0.39, 0.29) is 6.04 Å². The molecule has 3 nitrogen and oxygen atoms in total. The molecule has 56 heavy (non-hydrogen) atoms. The Morgan fingerprint density at radius 2 is 1.20 bits per heavy atom. The molecule has 0 fully saturated rings. The molecule has 9 aromatic rings. The summed E-state index contributed by atoms with van der Waals surface area (Å²) in [5.74, 6) is 0.569. The molecule has 11 rings (SSSR count). The van der Waals surface area contributed by atoms with Crippen molar-refractivity contribution in [2.24, 2.45) is 0 Å². The molecule has 0 saturated carbocycles. The highest BCUT2D eigenvalue weighted by Gasteiger charge is 2.29. The van der Waals surface area contributed by atoms with Crippen molar-refractivity contribution >= 4 is 86.4 Å². The summed E-state index contributed by atoms with van der Waals surface area (Å²) in [5.41, 5.74) is 8.88. The molecule has 0 amide bonds. The van der Waals surface area contributed by atoms with Crippen LogP contribution < -0.4 is 4.90 Å². The minimum absolute atomic E-state index is 0.00181. The van der Waals surface area contributed by atoms with Gasteiger partial charge in [-0.05, 0) is 88.7 Å². The van der Waals surface area contributed by atoms with Crippen molar-refractivity contribution in [3.8, 4) is 22.3 Å². The van der Waals surface area contributed by atoms with Gasteiger partial charge in [0.25, 0.3) is 0 Å². The van der Waals surface area contributed by atoms with Gasteiger partial charge in [0.05, 0.1) is 22.8 Å². The van der Waals surface area contributed by atoms with Gasteiger partial charge in [0.15, 0.2) is 0 Å². The van der Waals surface area contributed by atoms with E-state index in [1.807, 2.05) is 11.3 Å². The zero-order valence-electron chi connectivity index (χ0n) is 30.7. The van der Waals surface area contributed by atoms with Gasteiger partial charge in [0.1, 0.15) is 5.84 Å². The minimum Gasteiger partial charge on any atom is -0.318 e. The van der Waals surface area contributed by atoms with Crippen molar-refractivity contribution in [1.82, 2.24) is 4.98 Å². The molecule has 266 valence electrons. The van der Waals surface area contributed by atoms with Crippen LogP contribution in [0.15, 0.2) is 182 Å². The van der Waals surface area contributed by atoms with E-state index in [4.69, 9.17) is 4.98 Å². The number of para-hydroxylation sites is 2. The quantitative estimate of drug-likeness (QED) is 0.109. The average Bonchev–Trinajstić information content (AvgIpc) is 3.64. The van der Waals surface area contributed by atoms with Crippen molar-refractivity contribution < 1.29 is 0 Å². The van der Waals surface area contributed by atoms with E-state index >= 15 is 0 Å². The van der Waals surface area contributed by atoms with Crippen LogP contribution in [0.1, 0.15) is 19.3 Å². The van der Waals surface area contributed by atoms with Crippen LogP contribution in [0.25, 0.3) is 85.8 Å². The molecule has 2 aliphatic rings. The smallest absolute Gasteiger partial charge is 0.129 e. The van der Waals surface area contributed by atoms with Gasteiger partial charge in [0.2, 0.25) is 0 Å². The maximum atomic E-state index is 9.95. The van der Waals surface area contributed by atoms with Crippen LogP contribution in [0.5, 0.6) is 0 Å². The second-order valence-electron chi connectivity index (χ2n) is 14.9. The summed E-state index contributed by atoms with van der Waals surface area (Å²) >= 11 is 1.86. The average molecular weight is 736 g/mol. The standard InChI is InChI=1S/C52H37N3S/c53-52(33-15-3-1-4-16-33)55(36-17-5-2-6-18-36)51-39-21-8-7-20-38(39)49(35-28-30-48-43(31-35)37-19-11-14-26-47(37)56-48)44-32-34(27-29-40(44)51)50-41-22-9-12-24-45(41)54-46-25-13-10-23-42(46)50/h1-3,5-15,17,19-32,36,53H,4,16,18H2. The molecule has 0 aliphatic heterocycles. The van der Waals surface area contributed by atoms with Crippen molar-refractivity contribution in [1.29, 1.82) is 5.41 Å². The van der Waals surface area contributed by atoms with Crippen molar-refractivity contribution in [2.45, 2.75) is 25.3 Å². The number of benzene rings is 7. The van der Waals surface area contributed by atoms with Crippen LogP contribution in [0.4, 0.5) is 5.69 Å². The van der Waals surface area contributed by atoms with E-state index in [1.54, 1.807) is 0 Å². The largest absolute Gasteiger partial charge is 0.318 e. The highest BCUT2D eigenvalue weighted by molar-refractivity contribution is 7.25. The molecule has 0 spiro atoms. The van der Waals surface area contributed by atoms with Crippen LogP contribution in [0, 0.1) is 5.41 Å². The first kappa shape index (κ1) is 32.8. The molecule has 2 aromatic heterocycles. The monoisotopic (exact) mass is 735 g/mol. The first-order chi connectivity index (χ1) is 27.7. The number of nitrogens with zero attached hydrogens (tertiary/aromatic N) is 2. The van der Waals surface area contributed by atoms with Crippen LogP contribution in [-0.2, 0) is 0 Å². The summed E-state index contributed by atoms with van der Waals surface area (Å²) in [6, 6.07) is 48.7. The van der Waals surface area contributed by atoms with E-state index in [2.05, 4.69) is 181 Å². The number of amidine groups is 1. The molecule has 1 unspecified atom stereocenters. The fraction of sp³-hybridized carbons (Fsp3) is 0.0769. The highest BCUT2D eigenvalue weighted by atomic mass is 32.1. The zero-order valence-corrected chi connectivity index (χ0v) is 31.6. The number of hydrogen-bond acceptors (Lipinski definition) is 3. The van der Waals surface area contributed by atoms with E-state index < -0.39 is 0 Å². The van der Waals surface area contributed by atoms with Crippen LogP contribution in [0.2, 0.25) is 0 Å². The molecule has 2 heterocycles. The summed E-state index contributed by atoms with van der Waals surface area (Å²) in [6.45, 7) is 0. The number of thiophene rings is 1.